The van der Waals surface area contributed by atoms with Gasteiger partial charge in [-0.3, -0.25) is 19.5 Å². The Morgan fingerprint density at radius 2 is 1.93 bits per heavy atom. The van der Waals surface area contributed by atoms with E-state index >= 15 is 0 Å². The van der Waals surface area contributed by atoms with E-state index in [1.54, 1.807) is 4.90 Å². The number of hydrogen-bond acceptors (Lipinski definition) is 4. The van der Waals surface area contributed by atoms with Crippen LogP contribution in [0.25, 0.3) is 11.3 Å². The zero-order valence-corrected chi connectivity index (χ0v) is 15.9. The number of aromatic amines is 1. The van der Waals surface area contributed by atoms with Gasteiger partial charge in [-0.25, -0.2) is 0 Å². The normalized spacial score (nSPS) is 14.7. The van der Waals surface area contributed by atoms with Gasteiger partial charge in [0.1, 0.15) is 6.04 Å². The van der Waals surface area contributed by atoms with Gasteiger partial charge in [0.05, 0.1) is 5.69 Å². The van der Waals surface area contributed by atoms with Gasteiger partial charge >= 0.3 is 0 Å². The van der Waals surface area contributed by atoms with Crippen molar-refractivity contribution < 1.29 is 14.4 Å². The van der Waals surface area contributed by atoms with Gasteiger partial charge in [0.15, 0.2) is 0 Å². The summed E-state index contributed by atoms with van der Waals surface area (Å²) in [6, 6.07) is 9.19. The number of aromatic nitrogens is 2. The molecule has 8 heteroatoms. The number of nitrogens with one attached hydrogen (secondary N) is 2. The maximum Gasteiger partial charge on any atom is 0.245 e. The fraction of sp³-hybridized carbons (Fsp3) is 0.400. The first-order valence-corrected chi connectivity index (χ1v) is 9.41. The third kappa shape index (κ3) is 4.57. The lowest BCUT2D eigenvalue weighted by Crippen LogP contribution is -2.49. The van der Waals surface area contributed by atoms with Crippen molar-refractivity contribution in [3.05, 3.63) is 41.6 Å². The van der Waals surface area contributed by atoms with Gasteiger partial charge in [-0.1, -0.05) is 30.3 Å². The average Bonchev–Trinajstić information content (AvgIpc) is 2.96. The van der Waals surface area contributed by atoms with E-state index < -0.39 is 11.9 Å². The number of amides is 3. The zero-order chi connectivity index (χ0) is 20.1. The number of nitrogens with two attached hydrogens (primary N) is 1. The maximum absolute atomic E-state index is 13.0. The number of hydrogen-bond donors (Lipinski definition) is 3. The van der Waals surface area contributed by atoms with Crippen LogP contribution in [-0.4, -0.2) is 52.0 Å². The SMILES string of the molecule is CC(=O)N[C@@H](CCC(N)=O)C(=O)N1CCc2[nH]nc(-c3ccccc3)c2CC1. The molecule has 8 nitrogen and oxygen atoms in total. The second-order valence-electron chi connectivity index (χ2n) is 6.98. The summed E-state index contributed by atoms with van der Waals surface area (Å²) >= 11 is 0. The second-order valence-corrected chi connectivity index (χ2v) is 6.98. The maximum atomic E-state index is 13.0. The fourth-order valence-electron chi connectivity index (χ4n) is 3.55. The molecule has 2 heterocycles. The highest BCUT2D eigenvalue weighted by Gasteiger charge is 2.28. The summed E-state index contributed by atoms with van der Waals surface area (Å²) < 4.78 is 0. The molecule has 0 unspecified atom stereocenters. The summed E-state index contributed by atoms with van der Waals surface area (Å²) in [5, 5.41) is 10.2. The van der Waals surface area contributed by atoms with Crippen LogP contribution in [0.5, 0.6) is 0 Å². The molecule has 1 aromatic heterocycles. The third-order valence-corrected chi connectivity index (χ3v) is 4.93. The molecule has 1 atom stereocenters. The summed E-state index contributed by atoms with van der Waals surface area (Å²) in [5.74, 6) is -0.984. The lowest BCUT2D eigenvalue weighted by molar-refractivity contribution is -0.136. The summed E-state index contributed by atoms with van der Waals surface area (Å²) in [7, 11) is 0. The van der Waals surface area contributed by atoms with Crippen LogP contribution in [-0.2, 0) is 27.2 Å². The Labute approximate surface area is 163 Å². The quantitative estimate of drug-likeness (QED) is 0.682. The molecule has 3 rings (SSSR count). The second kappa shape index (κ2) is 8.69. The molecule has 0 saturated heterocycles. The van der Waals surface area contributed by atoms with Gasteiger partial charge in [-0.2, -0.15) is 5.10 Å². The van der Waals surface area contributed by atoms with E-state index in [0.717, 1.165) is 22.5 Å². The first-order valence-electron chi connectivity index (χ1n) is 9.41. The standard InChI is InChI=1S/C20H25N5O3/c1-13(26)22-17(7-8-18(21)27)20(28)25-11-9-15-16(10-12-25)23-24-19(15)14-5-3-2-4-6-14/h2-6,17H,7-12H2,1H3,(H2,21,27)(H,22,26)(H,23,24)/t17-/m0/s1. The summed E-state index contributed by atoms with van der Waals surface area (Å²) in [4.78, 5) is 37.3. The monoisotopic (exact) mass is 383 g/mol. The Morgan fingerprint density at radius 1 is 1.21 bits per heavy atom. The Kier molecular flexibility index (Phi) is 6.08. The van der Waals surface area contributed by atoms with Crippen LogP contribution < -0.4 is 11.1 Å². The highest BCUT2D eigenvalue weighted by molar-refractivity contribution is 5.87. The van der Waals surface area contributed by atoms with E-state index in [1.807, 2.05) is 30.3 Å². The van der Waals surface area contributed by atoms with Crippen LogP contribution in [0.4, 0.5) is 0 Å². The molecule has 0 spiro atoms. The van der Waals surface area contributed by atoms with Gasteiger partial charge in [0.25, 0.3) is 0 Å². The number of rotatable bonds is 6. The van der Waals surface area contributed by atoms with E-state index in [9.17, 15) is 14.4 Å². The molecule has 1 aromatic carbocycles. The lowest BCUT2D eigenvalue weighted by Gasteiger charge is -2.26. The predicted molar refractivity (Wildman–Crippen MR) is 104 cm³/mol. The van der Waals surface area contributed by atoms with E-state index in [2.05, 4.69) is 15.5 Å². The molecular formula is C20H25N5O3. The molecule has 0 fully saturated rings. The number of carbonyl (C=O) groups is 3. The molecule has 1 aliphatic rings. The van der Waals surface area contributed by atoms with Crippen LogP contribution in [0.1, 0.15) is 31.0 Å². The van der Waals surface area contributed by atoms with Gasteiger partial charge in [0.2, 0.25) is 17.7 Å². The van der Waals surface area contributed by atoms with Crippen molar-refractivity contribution in [1.29, 1.82) is 0 Å². The van der Waals surface area contributed by atoms with E-state index in [1.165, 1.54) is 6.92 Å². The van der Waals surface area contributed by atoms with E-state index in [-0.39, 0.29) is 24.7 Å². The predicted octanol–water partition coefficient (Wildman–Crippen LogP) is 0.774. The Bertz CT molecular complexity index is 862. The van der Waals surface area contributed by atoms with Crippen molar-refractivity contribution in [3.63, 3.8) is 0 Å². The Balaban J connectivity index is 1.73. The first-order chi connectivity index (χ1) is 13.5. The Morgan fingerprint density at radius 3 is 2.61 bits per heavy atom. The fourth-order valence-corrected chi connectivity index (χ4v) is 3.55. The molecule has 0 aliphatic carbocycles. The molecule has 0 radical (unpaired) electrons. The van der Waals surface area contributed by atoms with Crippen LogP contribution in [0, 0.1) is 0 Å². The third-order valence-electron chi connectivity index (χ3n) is 4.93. The minimum atomic E-state index is -0.742. The smallest absolute Gasteiger partial charge is 0.245 e. The van der Waals surface area contributed by atoms with Crippen LogP contribution in [0.2, 0.25) is 0 Å². The number of H-pyrrole nitrogens is 1. The minimum Gasteiger partial charge on any atom is -0.370 e. The van der Waals surface area contributed by atoms with Crippen LogP contribution in [0.3, 0.4) is 0 Å². The van der Waals surface area contributed by atoms with Gasteiger partial charge in [-0.05, 0) is 12.8 Å². The van der Waals surface area contributed by atoms with Gasteiger partial charge in [0, 0.05) is 49.7 Å². The van der Waals surface area contributed by atoms with Crippen molar-refractivity contribution in [2.24, 2.45) is 5.73 Å². The number of carbonyl (C=O) groups excluding carboxylic acids is 3. The highest BCUT2D eigenvalue weighted by Crippen LogP contribution is 2.26. The van der Waals surface area contributed by atoms with Crippen molar-refractivity contribution in [1.82, 2.24) is 20.4 Å². The molecule has 2 aromatic rings. The van der Waals surface area contributed by atoms with Crippen molar-refractivity contribution in [2.75, 3.05) is 13.1 Å². The van der Waals surface area contributed by atoms with Gasteiger partial charge in [-0.15, -0.1) is 0 Å². The van der Waals surface area contributed by atoms with Crippen LogP contribution >= 0.6 is 0 Å². The topological polar surface area (TPSA) is 121 Å². The van der Waals surface area contributed by atoms with E-state index in [0.29, 0.717) is 25.9 Å². The highest BCUT2D eigenvalue weighted by atomic mass is 16.2. The largest absolute Gasteiger partial charge is 0.370 e. The van der Waals surface area contributed by atoms with Crippen molar-refractivity contribution >= 4 is 17.7 Å². The van der Waals surface area contributed by atoms with Crippen molar-refractivity contribution in [2.45, 2.75) is 38.6 Å². The van der Waals surface area contributed by atoms with Crippen molar-refractivity contribution in [3.8, 4) is 11.3 Å². The number of primary amides is 1. The summed E-state index contributed by atoms with van der Waals surface area (Å²) in [5.41, 5.74) is 9.31. The summed E-state index contributed by atoms with van der Waals surface area (Å²) in [6.07, 6.45) is 1.58. The molecule has 148 valence electrons. The van der Waals surface area contributed by atoms with Crippen LogP contribution in [0.15, 0.2) is 30.3 Å². The lowest BCUT2D eigenvalue weighted by atomic mass is 10.0. The van der Waals surface area contributed by atoms with E-state index in [4.69, 9.17) is 5.73 Å². The zero-order valence-electron chi connectivity index (χ0n) is 15.9. The average molecular weight is 383 g/mol. The molecule has 4 N–H and O–H groups in total. The molecule has 1 aliphatic heterocycles. The number of fused-ring (bicyclic) bond motifs is 1. The minimum absolute atomic E-state index is 0.0473. The summed E-state index contributed by atoms with van der Waals surface area (Å²) in [6.45, 7) is 2.41. The molecule has 0 saturated carbocycles. The molecule has 0 bridgehead atoms. The van der Waals surface area contributed by atoms with Gasteiger partial charge < -0.3 is 16.0 Å². The molecular weight excluding hydrogens is 358 g/mol. The first kappa shape index (κ1) is 19.6. The Hall–Kier alpha value is -3.16. The number of nitrogens with zero attached hydrogens (tertiary/aromatic N) is 2. The molecule has 28 heavy (non-hydrogen) atoms. The molecule has 3 amide bonds. The number of benzene rings is 1.